The number of aromatic nitrogens is 4. The molecule has 31 heavy (non-hydrogen) atoms. The summed E-state index contributed by atoms with van der Waals surface area (Å²) in [4.78, 5) is 2.38. The van der Waals surface area contributed by atoms with E-state index < -0.39 is 0 Å². The molecule has 2 unspecified atom stereocenters. The van der Waals surface area contributed by atoms with Crippen LogP contribution in [-0.4, -0.2) is 44.4 Å². The zero-order valence-corrected chi connectivity index (χ0v) is 18.3. The van der Waals surface area contributed by atoms with Gasteiger partial charge in [-0.05, 0) is 65.9 Å². The van der Waals surface area contributed by atoms with Gasteiger partial charge in [-0.25, -0.2) is 4.68 Å². The van der Waals surface area contributed by atoms with E-state index in [0.29, 0.717) is 12.6 Å². The van der Waals surface area contributed by atoms with Gasteiger partial charge >= 0.3 is 0 Å². The summed E-state index contributed by atoms with van der Waals surface area (Å²) in [6.45, 7) is 2.26. The normalized spacial score (nSPS) is 20.6. The van der Waals surface area contributed by atoms with E-state index in [-0.39, 0.29) is 12.1 Å². The fourth-order valence-electron chi connectivity index (χ4n) is 4.87. The molecule has 2 fully saturated rings. The van der Waals surface area contributed by atoms with Crippen LogP contribution in [0.15, 0.2) is 47.1 Å². The number of hydrogen-bond donors (Lipinski definition) is 0. The lowest BCUT2D eigenvalue weighted by molar-refractivity contribution is 0.0543. The maximum atomic E-state index is 6.21. The third-order valence-electron chi connectivity index (χ3n) is 6.39. The number of hydrogen-bond acceptors (Lipinski definition) is 6. The maximum absolute atomic E-state index is 6.21. The smallest absolute Gasteiger partial charge is 0.173 e. The van der Waals surface area contributed by atoms with E-state index in [2.05, 4.69) is 37.2 Å². The van der Waals surface area contributed by atoms with Crippen LogP contribution in [0.3, 0.4) is 0 Å². The predicted octanol–water partition coefficient (Wildman–Crippen LogP) is 4.81. The molecule has 0 radical (unpaired) electrons. The standard InChI is InChI=1S/C23H28ClN5O2/c24-18-11-9-17(10-12-18)22(23-25-26-27-29(23)19-5-1-2-6-19)28(15-20-7-3-13-30-20)16-21-8-4-14-31-21/h3,7,9-13,19,21-22H,1-2,4-6,8,14-16H2. The van der Waals surface area contributed by atoms with Gasteiger partial charge in [0.2, 0.25) is 0 Å². The Bertz CT molecular complexity index is 947. The van der Waals surface area contributed by atoms with Gasteiger partial charge in [0.1, 0.15) is 5.76 Å². The van der Waals surface area contributed by atoms with E-state index in [1.165, 1.54) is 12.8 Å². The van der Waals surface area contributed by atoms with Gasteiger partial charge in [0.25, 0.3) is 0 Å². The molecule has 2 atom stereocenters. The SMILES string of the molecule is Clc1ccc(C(c2nnnn2C2CCCC2)N(Cc2ccco2)CC2CCCO2)cc1. The van der Waals surface area contributed by atoms with Crippen LogP contribution in [0, 0.1) is 0 Å². The Labute approximate surface area is 187 Å². The van der Waals surface area contributed by atoms with Crippen molar-refractivity contribution in [3.05, 3.63) is 64.8 Å². The van der Waals surface area contributed by atoms with Crippen LogP contribution < -0.4 is 0 Å². The molecular weight excluding hydrogens is 414 g/mol. The number of nitrogens with zero attached hydrogens (tertiary/aromatic N) is 5. The minimum atomic E-state index is -0.123. The van der Waals surface area contributed by atoms with Crippen molar-refractivity contribution >= 4 is 11.6 Å². The first kappa shape index (κ1) is 20.7. The minimum Gasteiger partial charge on any atom is -0.468 e. The number of rotatable bonds is 8. The zero-order chi connectivity index (χ0) is 21.0. The molecule has 2 aromatic heterocycles. The second-order valence-electron chi connectivity index (χ2n) is 8.52. The lowest BCUT2D eigenvalue weighted by Crippen LogP contribution is -2.37. The van der Waals surface area contributed by atoms with Gasteiger partial charge in [0.05, 0.1) is 31.0 Å². The number of benzene rings is 1. The first-order chi connectivity index (χ1) is 15.3. The fraction of sp³-hybridized carbons (Fsp3) is 0.522. The van der Waals surface area contributed by atoms with Gasteiger partial charge < -0.3 is 9.15 Å². The van der Waals surface area contributed by atoms with Gasteiger partial charge in [-0.15, -0.1) is 5.10 Å². The van der Waals surface area contributed by atoms with Gasteiger partial charge in [0, 0.05) is 18.2 Å². The van der Waals surface area contributed by atoms with E-state index in [4.69, 9.17) is 20.8 Å². The number of ether oxygens (including phenoxy) is 1. The molecule has 1 aliphatic heterocycles. The second-order valence-corrected chi connectivity index (χ2v) is 8.95. The van der Waals surface area contributed by atoms with Crippen molar-refractivity contribution in [1.82, 2.24) is 25.1 Å². The second kappa shape index (κ2) is 9.51. The Kier molecular flexibility index (Phi) is 6.34. The molecule has 0 N–H and O–H groups in total. The fourth-order valence-corrected chi connectivity index (χ4v) is 5.00. The van der Waals surface area contributed by atoms with Crippen molar-refractivity contribution in [2.24, 2.45) is 0 Å². The zero-order valence-electron chi connectivity index (χ0n) is 17.6. The van der Waals surface area contributed by atoms with E-state index in [9.17, 15) is 0 Å². The molecule has 0 bridgehead atoms. The van der Waals surface area contributed by atoms with Crippen LogP contribution in [0.2, 0.25) is 5.02 Å². The largest absolute Gasteiger partial charge is 0.468 e. The summed E-state index contributed by atoms with van der Waals surface area (Å²) in [7, 11) is 0. The predicted molar refractivity (Wildman–Crippen MR) is 117 cm³/mol. The van der Waals surface area contributed by atoms with Crippen LogP contribution in [0.5, 0.6) is 0 Å². The average Bonchev–Trinajstić information content (AvgIpc) is 3.57. The Morgan fingerprint density at radius 2 is 1.94 bits per heavy atom. The van der Waals surface area contributed by atoms with Gasteiger partial charge in [-0.1, -0.05) is 36.6 Å². The average molecular weight is 442 g/mol. The highest BCUT2D eigenvalue weighted by Crippen LogP contribution is 2.35. The summed E-state index contributed by atoms with van der Waals surface area (Å²) < 4.78 is 13.8. The number of tetrazole rings is 1. The molecule has 0 spiro atoms. The summed E-state index contributed by atoms with van der Waals surface area (Å²) in [5.41, 5.74) is 1.11. The lowest BCUT2D eigenvalue weighted by atomic mass is 10.0. The number of furan rings is 1. The van der Waals surface area contributed by atoms with Crippen LogP contribution in [-0.2, 0) is 11.3 Å². The van der Waals surface area contributed by atoms with Crippen molar-refractivity contribution < 1.29 is 9.15 Å². The Hall–Kier alpha value is -2.22. The Morgan fingerprint density at radius 1 is 1.10 bits per heavy atom. The monoisotopic (exact) mass is 441 g/mol. The first-order valence-electron chi connectivity index (χ1n) is 11.2. The molecule has 1 saturated heterocycles. The summed E-state index contributed by atoms with van der Waals surface area (Å²) in [5, 5.41) is 13.8. The molecule has 2 aliphatic rings. The van der Waals surface area contributed by atoms with Crippen molar-refractivity contribution in [3.63, 3.8) is 0 Å². The third-order valence-corrected chi connectivity index (χ3v) is 6.64. The van der Waals surface area contributed by atoms with Crippen LogP contribution in [0.25, 0.3) is 0 Å². The quantitative estimate of drug-likeness (QED) is 0.499. The highest BCUT2D eigenvalue weighted by Gasteiger charge is 2.33. The Morgan fingerprint density at radius 3 is 2.65 bits per heavy atom. The van der Waals surface area contributed by atoms with Crippen LogP contribution >= 0.6 is 11.6 Å². The van der Waals surface area contributed by atoms with E-state index in [0.717, 1.165) is 61.0 Å². The lowest BCUT2D eigenvalue weighted by Gasteiger charge is -2.33. The molecule has 1 aliphatic carbocycles. The summed E-state index contributed by atoms with van der Waals surface area (Å²) in [6, 6.07) is 12.2. The highest BCUT2D eigenvalue weighted by molar-refractivity contribution is 6.30. The van der Waals surface area contributed by atoms with E-state index in [1.54, 1.807) is 6.26 Å². The molecule has 1 aromatic carbocycles. The van der Waals surface area contributed by atoms with E-state index >= 15 is 0 Å². The molecule has 1 saturated carbocycles. The highest BCUT2D eigenvalue weighted by atomic mass is 35.5. The molecule has 3 aromatic rings. The molecule has 0 amide bonds. The van der Waals surface area contributed by atoms with Gasteiger partial charge in [-0.2, -0.15) is 0 Å². The molecule has 3 heterocycles. The molecule has 5 rings (SSSR count). The minimum absolute atomic E-state index is 0.123. The summed E-state index contributed by atoms with van der Waals surface area (Å²) in [6.07, 6.45) is 8.77. The van der Waals surface area contributed by atoms with E-state index in [1.807, 2.05) is 24.3 Å². The van der Waals surface area contributed by atoms with Crippen molar-refractivity contribution in [2.45, 2.75) is 63.3 Å². The molecule has 164 valence electrons. The van der Waals surface area contributed by atoms with Crippen LogP contribution in [0.4, 0.5) is 0 Å². The molecule has 8 heteroatoms. The molecular formula is C23H28ClN5O2. The summed E-state index contributed by atoms with van der Waals surface area (Å²) >= 11 is 6.21. The number of halogens is 1. The summed E-state index contributed by atoms with van der Waals surface area (Å²) in [5.74, 6) is 1.79. The Balaban J connectivity index is 1.55. The van der Waals surface area contributed by atoms with Gasteiger partial charge in [0.15, 0.2) is 5.82 Å². The third kappa shape index (κ3) is 4.68. The maximum Gasteiger partial charge on any atom is 0.173 e. The topological polar surface area (TPSA) is 69.2 Å². The van der Waals surface area contributed by atoms with Gasteiger partial charge in [-0.3, -0.25) is 4.90 Å². The van der Waals surface area contributed by atoms with Crippen molar-refractivity contribution in [1.29, 1.82) is 0 Å². The van der Waals surface area contributed by atoms with Crippen molar-refractivity contribution in [2.75, 3.05) is 13.2 Å². The van der Waals surface area contributed by atoms with Crippen molar-refractivity contribution in [3.8, 4) is 0 Å². The first-order valence-corrected chi connectivity index (χ1v) is 11.6. The molecule has 7 nitrogen and oxygen atoms in total. The van der Waals surface area contributed by atoms with Crippen LogP contribution in [0.1, 0.15) is 67.8 Å².